The van der Waals surface area contributed by atoms with Crippen molar-refractivity contribution in [3.05, 3.63) is 30.1 Å². The first-order valence-corrected chi connectivity index (χ1v) is 4.59. The van der Waals surface area contributed by atoms with Crippen molar-refractivity contribution in [1.82, 2.24) is 9.88 Å². The number of aliphatic hydroxyl groups is 1. The number of aliphatic hydroxyl groups excluding tert-OH is 1. The maximum absolute atomic E-state index is 11.7. The van der Waals surface area contributed by atoms with E-state index in [0.29, 0.717) is 18.7 Å². The molecule has 76 valence electrons. The standard InChI is InChI=1S/C10H14N2O2/c1-2-12(6-7-13)10(14)9-4-3-5-11-8-9/h3-5,8,13H,2,6-7H2,1H3. The highest BCUT2D eigenvalue weighted by Crippen LogP contribution is 2.02. The van der Waals surface area contributed by atoms with Crippen LogP contribution < -0.4 is 0 Å². The monoisotopic (exact) mass is 194 g/mol. The van der Waals surface area contributed by atoms with Crippen LogP contribution in [0.3, 0.4) is 0 Å². The summed E-state index contributed by atoms with van der Waals surface area (Å²) in [5.41, 5.74) is 0.558. The first-order valence-electron chi connectivity index (χ1n) is 4.59. The van der Waals surface area contributed by atoms with E-state index in [0.717, 1.165) is 0 Å². The zero-order valence-corrected chi connectivity index (χ0v) is 8.18. The molecule has 1 N–H and O–H groups in total. The minimum atomic E-state index is -0.0883. The van der Waals surface area contributed by atoms with E-state index >= 15 is 0 Å². The Bertz CT molecular complexity index is 287. The Kier molecular flexibility index (Phi) is 4.07. The number of carbonyl (C=O) groups excluding carboxylic acids is 1. The molecule has 0 saturated heterocycles. The number of nitrogens with zero attached hydrogens (tertiary/aromatic N) is 2. The van der Waals surface area contributed by atoms with Gasteiger partial charge in [0.05, 0.1) is 12.2 Å². The van der Waals surface area contributed by atoms with E-state index in [4.69, 9.17) is 5.11 Å². The minimum absolute atomic E-state index is 0.0140. The molecule has 0 saturated carbocycles. The lowest BCUT2D eigenvalue weighted by molar-refractivity contribution is 0.0731. The molecule has 14 heavy (non-hydrogen) atoms. The van der Waals surface area contributed by atoms with E-state index < -0.39 is 0 Å². The molecule has 0 atom stereocenters. The number of amides is 1. The molecule has 0 aromatic carbocycles. The van der Waals surface area contributed by atoms with E-state index in [1.54, 1.807) is 23.2 Å². The van der Waals surface area contributed by atoms with Crippen molar-refractivity contribution in [2.45, 2.75) is 6.92 Å². The summed E-state index contributed by atoms with van der Waals surface area (Å²) < 4.78 is 0. The molecule has 4 heteroatoms. The fourth-order valence-electron chi connectivity index (χ4n) is 1.20. The lowest BCUT2D eigenvalue weighted by atomic mass is 10.2. The fourth-order valence-corrected chi connectivity index (χ4v) is 1.20. The number of hydrogen-bond acceptors (Lipinski definition) is 3. The number of carbonyl (C=O) groups is 1. The van der Waals surface area contributed by atoms with Crippen LogP contribution in [0.15, 0.2) is 24.5 Å². The Morgan fingerprint density at radius 1 is 1.64 bits per heavy atom. The summed E-state index contributed by atoms with van der Waals surface area (Å²) in [6, 6.07) is 3.44. The van der Waals surface area contributed by atoms with E-state index in [2.05, 4.69) is 4.98 Å². The maximum atomic E-state index is 11.7. The molecule has 0 spiro atoms. The number of rotatable bonds is 4. The molecule has 0 fully saturated rings. The summed E-state index contributed by atoms with van der Waals surface area (Å²) in [6.45, 7) is 2.82. The van der Waals surface area contributed by atoms with E-state index in [9.17, 15) is 4.79 Å². The van der Waals surface area contributed by atoms with Crippen molar-refractivity contribution < 1.29 is 9.90 Å². The molecule has 0 unspecified atom stereocenters. The van der Waals surface area contributed by atoms with Gasteiger partial charge in [0.25, 0.3) is 5.91 Å². The third kappa shape index (κ3) is 2.53. The van der Waals surface area contributed by atoms with Crippen LogP contribution in [0.4, 0.5) is 0 Å². The fraction of sp³-hybridized carbons (Fsp3) is 0.400. The predicted octanol–water partition coefficient (Wildman–Crippen LogP) is 0.536. The molecule has 0 bridgehead atoms. The third-order valence-corrected chi connectivity index (χ3v) is 1.95. The Balaban J connectivity index is 2.73. The molecular weight excluding hydrogens is 180 g/mol. The second-order valence-corrected chi connectivity index (χ2v) is 2.85. The van der Waals surface area contributed by atoms with Crippen LogP contribution in [-0.4, -0.2) is 40.6 Å². The van der Waals surface area contributed by atoms with Crippen LogP contribution in [0.25, 0.3) is 0 Å². The number of pyridine rings is 1. The molecule has 4 nitrogen and oxygen atoms in total. The third-order valence-electron chi connectivity index (χ3n) is 1.95. The number of hydrogen-bond donors (Lipinski definition) is 1. The topological polar surface area (TPSA) is 53.4 Å². The van der Waals surface area contributed by atoms with E-state index in [1.807, 2.05) is 6.92 Å². The lowest BCUT2D eigenvalue weighted by Gasteiger charge is -2.19. The van der Waals surface area contributed by atoms with Crippen LogP contribution >= 0.6 is 0 Å². The number of likely N-dealkylation sites (N-methyl/N-ethyl adjacent to an activating group) is 1. The highest BCUT2D eigenvalue weighted by atomic mass is 16.3. The molecule has 1 rings (SSSR count). The van der Waals surface area contributed by atoms with Gasteiger partial charge in [-0.05, 0) is 19.1 Å². The average molecular weight is 194 g/mol. The largest absolute Gasteiger partial charge is 0.395 e. The predicted molar refractivity (Wildman–Crippen MR) is 52.9 cm³/mol. The minimum Gasteiger partial charge on any atom is -0.395 e. The summed E-state index contributed by atoms with van der Waals surface area (Å²) in [6.07, 6.45) is 3.15. The summed E-state index contributed by atoms with van der Waals surface area (Å²) in [7, 11) is 0. The molecule has 0 aliphatic heterocycles. The van der Waals surface area contributed by atoms with Crippen molar-refractivity contribution in [3.8, 4) is 0 Å². The molecule has 0 radical (unpaired) electrons. The summed E-state index contributed by atoms with van der Waals surface area (Å²) >= 11 is 0. The molecule has 1 aromatic heterocycles. The van der Waals surface area contributed by atoms with Crippen molar-refractivity contribution >= 4 is 5.91 Å². The summed E-state index contributed by atoms with van der Waals surface area (Å²) in [5.74, 6) is -0.0883. The van der Waals surface area contributed by atoms with Crippen LogP contribution in [0.2, 0.25) is 0 Å². The molecule has 0 aliphatic rings. The Morgan fingerprint density at radius 2 is 2.43 bits per heavy atom. The van der Waals surface area contributed by atoms with E-state index in [1.165, 1.54) is 6.20 Å². The number of aromatic nitrogens is 1. The van der Waals surface area contributed by atoms with Crippen molar-refractivity contribution in [2.75, 3.05) is 19.7 Å². The lowest BCUT2D eigenvalue weighted by Crippen LogP contribution is -2.33. The van der Waals surface area contributed by atoms with Gasteiger partial charge in [-0.25, -0.2) is 0 Å². The van der Waals surface area contributed by atoms with Gasteiger partial charge in [-0.2, -0.15) is 0 Å². The van der Waals surface area contributed by atoms with Crippen LogP contribution in [-0.2, 0) is 0 Å². The second kappa shape index (κ2) is 5.34. The van der Waals surface area contributed by atoms with Gasteiger partial charge in [0.2, 0.25) is 0 Å². The van der Waals surface area contributed by atoms with E-state index in [-0.39, 0.29) is 12.5 Å². The van der Waals surface area contributed by atoms with Crippen molar-refractivity contribution in [2.24, 2.45) is 0 Å². The first-order chi connectivity index (χ1) is 6.79. The molecular formula is C10H14N2O2. The summed E-state index contributed by atoms with van der Waals surface area (Å²) in [5, 5.41) is 8.75. The Hall–Kier alpha value is -1.42. The smallest absolute Gasteiger partial charge is 0.255 e. The van der Waals surface area contributed by atoms with Gasteiger partial charge in [-0.15, -0.1) is 0 Å². The zero-order chi connectivity index (χ0) is 10.4. The van der Waals surface area contributed by atoms with Gasteiger partial charge in [-0.1, -0.05) is 0 Å². The molecule has 1 heterocycles. The normalized spacial score (nSPS) is 9.86. The molecule has 1 amide bonds. The maximum Gasteiger partial charge on any atom is 0.255 e. The van der Waals surface area contributed by atoms with Crippen molar-refractivity contribution in [1.29, 1.82) is 0 Å². The van der Waals surface area contributed by atoms with Gasteiger partial charge < -0.3 is 10.0 Å². The summed E-state index contributed by atoms with van der Waals surface area (Å²) in [4.78, 5) is 17.2. The van der Waals surface area contributed by atoms with Gasteiger partial charge >= 0.3 is 0 Å². The van der Waals surface area contributed by atoms with Gasteiger partial charge in [0.15, 0.2) is 0 Å². The highest BCUT2D eigenvalue weighted by Gasteiger charge is 2.12. The van der Waals surface area contributed by atoms with Gasteiger partial charge in [0, 0.05) is 25.5 Å². The average Bonchev–Trinajstić information content (AvgIpc) is 2.26. The Morgan fingerprint density at radius 3 is 2.93 bits per heavy atom. The van der Waals surface area contributed by atoms with Crippen molar-refractivity contribution in [3.63, 3.8) is 0 Å². The van der Waals surface area contributed by atoms with Gasteiger partial charge in [-0.3, -0.25) is 9.78 Å². The van der Waals surface area contributed by atoms with Crippen LogP contribution in [0.1, 0.15) is 17.3 Å². The SMILES string of the molecule is CCN(CCO)C(=O)c1cccnc1. The molecule has 1 aromatic rings. The second-order valence-electron chi connectivity index (χ2n) is 2.85. The van der Waals surface area contributed by atoms with Crippen LogP contribution in [0, 0.1) is 0 Å². The quantitative estimate of drug-likeness (QED) is 0.761. The van der Waals surface area contributed by atoms with Crippen LogP contribution in [0.5, 0.6) is 0 Å². The zero-order valence-electron chi connectivity index (χ0n) is 8.18. The molecule has 0 aliphatic carbocycles. The van der Waals surface area contributed by atoms with Gasteiger partial charge in [0.1, 0.15) is 0 Å². The highest BCUT2D eigenvalue weighted by molar-refractivity contribution is 5.93. The Labute approximate surface area is 83.2 Å². The first kappa shape index (κ1) is 10.7.